The number of nitrogens with zero attached hydrogens (tertiary/aromatic N) is 2. The molecule has 176 valence electrons. The Morgan fingerprint density at radius 3 is 2.33 bits per heavy atom. The van der Waals surface area contributed by atoms with Crippen LogP contribution in [-0.2, 0) is 30.9 Å². The van der Waals surface area contributed by atoms with Crippen molar-refractivity contribution in [3.63, 3.8) is 0 Å². The first kappa shape index (κ1) is 23.3. The Labute approximate surface area is 190 Å². The molecule has 33 heavy (non-hydrogen) atoms. The van der Waals surface area contributed by atoms with Crippen molar-refractivity contribution in [1.82, 2.24) is 9.62 Å². The van der Waals surface area contributed by atoms with Gasteiger partial charge in [0.25, 0.3) is 0 Å². The number of carbonyl (C=O) groups is 2. The minimum atomic E-state index is -3.60. The molecule has 2 aliphatic heterocycles. The van der Waals surface area contributed by atoms with Crippen molar-refractivity contribution in [1.29, 1.82) is 0 Å². The second-order valence-corrected chi connectivity index (χ2v) is 9.85. The van der Waals surface area contributed by atoms with Crippen LogP contribution in [-0.4, -0.2) is 57.4 Å². The van der Waals surface area contributed by atoms with E-state index in [-0.39, 0.29) is 36.0 Å². The smallest absolute Gasteiger partial charge is 0.243 e. The van der Waals surface area contributed by atoms with E-state index in [2.05, 4.69) is 5.32 Å². The molecule has 8 nitrogen and oxygen atoms in total. The van der Waals surface area contributed by atoms with E-state index in [1.807, 2.05) is 0 Å². The summed E-state index contributed by atoms with van der Waals surface area (Å²) in [4.78, 5) is 26.2. The molecule has 1 N–H and O–H groups in total. The first-order chi connectivity index (χ1) is 15.7. The Morgan fingerprint density at radius 2 is 1.70 bits per heavy atom. The summed E-state index contributed by atoms with van der Waals surface area (Å²) in [6, 6.07) is 9.04. The molecule has 4 rings (SSSR count). The number of amides is 2. The standard InChI is InChI=1S/C22H23F2N3O5S/c23-17-10-18(24)12-19(11-17)27-14-16(9-21(27)28)22(29)25-13-15-1-3-20(4-2-15)33(30,31)26-5-7-32-8-6-26/h1-4,10-12,16H,5-9,13-14H2,(H,25,29). The van der Waals surface area contributed by atoms with Crippen LogP contribution in [0.25, 0.3) is 0 Å². The van der Waals surface area contributed by atoms with Crippen LogP contribution < -0.4 is 10.2 Å². The van der Waals surface area contributed by atoms with Crippen LogP contribution in [0.4, 0.5) is 14.5 Å². The van der Waals surface area contributed by atoms with Gasteiger partial charge in [0, 0.05) is 44.4 Å². The van der Waals surface area contributed by atoms with Gasteiger partial charge >= 0.3 is 0 Å². The molecule has 0 bridgehead atoms. The highest BCUT2D eigenvalue weighted by atomic mass is 32.2. The van der Waals surface area contributed by atoms with Gasteiger partial charge in [-0.2, -0.15) is 4.31 Å². The van der Waals surface area contributed by atoms with Gasteiger partial charge in [-0.05, 0) is 29.8 Å². The molecular formula is C22H23F2N3O5S. The molecule has 11 heteroatoms. The van der Waals surface area contributed by atoms with E-state index in [1.165, 1.54) is 21.3 Å². The van der Waals surface area contributed by atoms with Crippen molar-refractivity contribution < 1.29 is 31.5 Å². The van der Waals surface area contributed by atoms with Crippen molar-refractivity contribution in [2.24, 2.45) is 5.92 Å². The lowest BCUT2D eigenvalue weighted by Crippen LogP contribution is -2.40. The van der Waals surface area contributed by atoms with Crippen molar-refractivity contribution >= 4 is 27.5 Å². The third kappa shape index (κ3) is 5.21. The normalized spacial score (nSPS) is 19.6. The number of benzene rings is 2. The molecule has 0 saturated carbocycles. The first-order valence-corrected chi connectivity index (χ1v) is 11.9. The Bertz CT molecular complexity index is 1130. The van der Waals surface area contributed by atoms with Crippen LogP contribution >= 0.6 is 0 Å². The number of ether oxygens (including phenoxy) is 1. The average molecular weight is 480 g/mol. The van der Waals surface area contributed by atoms with E-state index in [4.69, 9.17) is 4.74 Å². The van der Waals surface area contributed by atoms with Gasteiger partial charge in [-0.15, -0.1) is 0 Å². The third-order valence-electron chi connectivity index (χ3n) is 5.65. The molecule has 0 spiro atoms. The number of morpholine rings is 1. The summed E-state index contributed by atoms with van der Waals surface area (Å²) in [5, 5.41) is 2.74. The highest BCUT2D eigenvalue weighted by molar-refractivity contribution is 7.89. The SMILES string of the molecule is O=C(NCc1ccc(S(=O)(=O)N2CCOCC2)cc1)C1CC(=O)N(c2cc(F)cc(F)c2)C1. The fraction of sp³-hybridized carbons (Fsp3) is 0.364. The minimum Gasteiger partial charge on any atom is -0.379 e. The predicted molar refractivity (Wildman–Crippen MR) is 115 cm³/mol. The van der Waals surface area contributed by atoms with Crippen molar-refractivity contribution in [3.8, 4) is 0 Å². The minimum absolute atomic E-state index is 0.0181. The molecule has 2 saturated heterocycles. The molecule has 2 aromatic rings. The molecule has 0 radical (unpaired) electrons. The van der Waals surface area contributed by atoms with Crippen LogP contribution in [0.3, 0.4) is 0 Å². The van der Waals surface area contributed by atoms with Crippen LogP contribution in [0.1, 0.15) is 12.0 Å². The summed E-state index contributed by atoms with van der Waals surface area (Å²) in [6.45, 7) is 1.50. The molecule has 2 amide bonds. The first-order valence-electron chi connectivity index (χ1n) is 10.4. The Kier molecular flexibility index (Phi) is 6.73. The van der Waals surface area contributed by atoms with E-state index in [0.717, 1.165) is 12.1 Å². The second-order valence-electron chi connectivity index (χ2n) is 7.91. The molecule has 2 aromatic carbocycles. The summed E-state index contributed by atoms with van der Waals surface area (Å²) in [6.07, 6.45) is -0.0688. The van der Waals surface area contributed by atoms with Gasteiger partial charge in [0.2, 0.25) is 21.8 Å². The van der Waals surface area contributed by atoms with E-state index < -0.39 is 33.5 Å². The molecule has 1 atom stereocenters. The highest BCUT2D eigenvalue weighted by Crippen LogP contribution is 2.27. The Morgan fingerprint density at radius 1 is 1.06 bits per heavy atom. The zero-order valence-corrected chi connectivity index (χ0v) is 18.5. The summed E-state index contributed by atoms with van der Waals surface area (Å²) in [7, 11) is -3.60. The lowest BCUT2D eigenvalue weighted by molar-refractivity contribution is -0.126. The lowest BCUT2D eigenvalue weighted by Gasteiger charge is -2.26. The van der Waals surface area contributed by atoms with Gasteiger partial charge in [-0.1, -0.05) is 12.1 Å². The topological polar surface area (TPSA) is 96.0 Å². The van der Waals surface area contributed by atoms with Crippen molar-refractivity contribution in [2.75, 3.05) is 37.7 Å². The van der Waals surface area contributed by atoms with Gasteiger partial charge < -0.3 is 15.0 Å². The maximum Gasteiger partial charge on any atom is 0.243 e. The van der Waals surface area contributed by atoms with E-state index in [1.54, 1.807) is 12.1 Å². The van der Waals surface area contributed by atoms with Gasteiger partial charge in [0.15, 0.2) is 0 Å². The number of hydrogen-bond acceptors (Lipinski definition) is 5. The Balaban J connectivity index is 1.35. The molecule has 0 aliphatic carbocycles. The molecular weight excluding hydrogens is 456 g/mol. The van der Waals surface area contributed by atoms with E-state index in [9.17, 15) is 26.8 Å². The van der Waals surface area contributed by atoms with Gasteiger partial charge in [0.1, 0.15) is 11.6 Å². The van der Waals surface area contributed by atoms with Crippen LogP contribution in [0.2, 0.25) is 0 Å². The van der Waals surface area contributed by atoms with Gasteiger partial charge in [0.05, 0.1) is 24.0 Å². The van der Waals surface area contributed by atoms with E-state index in [0.29, 0.717) is 37.9 Å². The summed E-state index contributed by atoms with van der Waals surface area (Å²) < 4.78 is 58.9. The fourth-order valence-corrected chi connectivity index (χ4v) is 5.28. The molecule has 0 aromatic heterocycles. The number of halogens is 2. The molecule has 2 aliphatic rings. The van der Waals surface area contributed by atoms with Crippen LogP contribution in [0, 0.1) is 17.6 Å². The Hall–Kier alpha value is -2.89. The fourth-order valence-electron chi connectivity index (χ4n) is 3.88. The third-order valence-corrected chi connectivity index (χ3v) is 7.57. The van der Waals surface area contributed by atoms with E-state index >= 15 is 0 Å². The monoisotopic (exact) mass is 479 g/mol. The number of sulfonamides is 1. The molecule has 2 fully saturated rings. The largest absolute Gasteiger partial charge is 0.379 e. The number of anilines is 1. The summed E-state index contributed by atoms with van der Waals surface area (Å²) in [5.41, 5.74) is 0.766. The van der Waals surface area contributed by atoms with Crippen molar-refractivity contribution in [3.05, 3.63) is 59.7 Å². The van der Waals surface area contributed by atoms with Crippen molar-refractivity contribution in [2.45, 2.75) is 17.9 Å². The number of hydrogen-bond donors (Lipinski definition) is 1. The highest BCUT2D eigenvalue weighted by Gasteiger charge is 2.35. The van der Waals surface area contributed by atoms with Gasteiger partial charge in [-0.25, -0.2) is 17.2 Å². The number of rotatable bonds is 6. The molecule has 1 unspecified atom stereocenters. The van der Waals surface area contributed by atoms with Crippen LogP contribution in [0.5, 0.6) is 0 Å². The number of nitrogens with one attached hydrogen (secondary N) is 1. The predicted octanol–water partition coefficient (Wildman–Crippen LogP) is 1.66. The zero-order valence-electron chi connectivity index (χ0n) is 17.7. The quantitative estimate of drug-likeness (QED) is 0.680. The number of carbonyl (C=O) groups excluding carboxylic acids is 2. The summed E-state index contributed by atoms with van der Waals surface area (Å²) >= 11 is 0. The maximum atomic E-state index is 13.5. The molecule has 2 heterocycles. The summed E-state index contributed by atoms with van der Waals surface area (Å²) in [5.74, 6) is -3.02. The van der Waals surface area contributed by atoms with Crippen LogP contribution in [0.15, 0.2) is 47.4 Å². The second kappa shape index (κ2) is 9.54. The maximum absolute atomic E-state index is 13.5. The zero-order chi connectivity index (χ0) is 23.6. The average Bonchev–Trinajstić information content (AvgIpc) is 3.19. The van der Waals surface area contributed by atoms with Gasteiger partial charge in [-0.3, -0.25) is 9.59 Å². The lowest BCUT2D eigenvalue weighted by atomic mass is 10.1.